The smallest absolute Gasteiger partial charge is 0.141 e. The molecule has 0 aliphatic rings. The number of nitrogens with one attached hydrogen (secondary N) is 1. The summed E-state index contributed by atoms with van der Waals surface area (Å²) >= 11 is 0. The van der Waals surface area contributed by atoms with Crippen LogP contribution >= 0.6 is 0 Å². The average molecular weight is 272 g/mol. The molecule has 0 aliphatic heterocycles. The lowest BCUT2D eigenvalue weighted by molar-refractivity contribution is 0.435. The first-order chi connectivity index (χ1) is 9.69. The molecular formula is C17H21FN2. The van der Waals surface area contributed by atoms with Crippen LogP contribution in [0.2, 0.25) is 0 Å². The van der Waals surface area contributed by atoms with Gasteiger partial charge in [-0.3, -0.25) is 4.98 Å². The third-order valence-electron chi connectivity index (χ3n) is 3.39. The maximum absolute atomic E-state index is 12.9. The van der Waals surface area contributed by atoms with E-state index in [1.807, 2.05) is 6.07 Å². The molecule has 0 radical (unpaired) electrons. The molecule has 0 saturated carbocycles. The van der Waals surface area contributed by atoms with Gasteiger partial charge >= 0.3 is 0 Å². The Bertz CT molecular complexity index is 510. The second-order valence-electron chi connectivity index (χ2n) is 5.12. The zero-order valence-corrected chi connectivity index (χ0v) is 12.0. The van der Waals surface area contributed by atoms with Crippen molar-refractivity contribution in [3.05, 3.63) is 65.7 Å². The number of halogens is 1. The topological polar surface area (TPSA) is 24.9 Å². The molecule has 1 N–H and O–H groups in total. The van der Waals surface area contributed by atoms with Crippen molar-refractivity contribution in [1.29, 1.82) is 0 Å². The van der Waals surface area contributed by atoms with E-state index in [-0.39, 0.29) is 11.9 Å². The van der Waals surface area contributed by atoms with E-state index in [0.717, 1.165) is 18.5 Å². The van der Waals surface area contributed by atoms with Crippen LogP contribution in [-0.4, -0.2) is 11.0 Å². The van der Waals surface area contributed by atoms with Crippen LogP contribution in [0.25, 0.3) is 0 Å². The average Bonchev–Trinajstić information content (AvgIpc) is 2.47. The Morgan fingerprint density at radius 2 is 1.90 bits per heavy atom. The van der Waals surface area contributed by atoms with E-state index in [4.69, 9.17) is 0 Å². The van der Waals surface area contributed by atoms with Crippen molar-refractivity contribution in [2.75, 3.05) is 0 Å². The SMILES string of the molecule is CCC(NC(C)Cc1ccccc1)c1ccc(F)cn1. The van der Waals surface area contributed by atoms with Crippen molar-refractivity contribution in [1.82, 2.24) is 10.3 Å². The van der Waals surface area contributed by atoms with Crippen molar-refractivity contribution in [2.45, 2.75) is 38.8 Å². The molecule has 3 heteroatoms. The summed E-state index contributed by atoms with van der Waals surface area (Å²) in [6.07, 6.45) is 3.18. The molecule has 1 heterocycles. The number of rotatable bonds is 6. The van der Waals surface area contributed by atoms with Gasteiger partial charge in [0, 0.05) is 12.1 Å². The van der Waals surface area contributed by atoms with Gasteiger partial charge in [-0.15, -0.1) is 0 Å². The van der Waals surface area contributed by atoms with E-state index in [1.54, 1.807) is 6.07 Å². The van der Waals surface area contributed by atoms with E-state index < -0.39 is 0 Å². The second kappa shape index (κ2) is 7.15. The maximum atomic E-state index is 12.9. The van der Waals surface area contributed by atoms with Crippen molar-refractivity contribution in [3.63, 3.8) is 0 Å². The highest BCUT2D eigenvalue weighted by atomic mass is 19.1. The second-order valence-corrected chi connectivity index (χ2v) is 5.12. The van der Waals surface area contributed by atoms with E-state index in [1.165, 1.54) is 17.8 Å². The molecule has 2 nitrogen and oxygen atoms in total. The van der Waals surface area contributed by atoms with Gasteiger partial charge in [0.2, 0.25) is 0 Å². The lowest BCUT2D eigenvalue weighted by atomic mass is 10.0. The molecule has 2 atom stereocenters. The molecule has 0 bridgehead atoms. The molecule has 0 amide bonds. The predicted molar refractivity (Wildman–Crippen MR) is 80.0 cm³/mol. The highest BCUT2D eigenvalue weighted by Crippen LogP contribution is 2.16. The number of hydrogen-bond donors (Lipinski definition) is 1. The van der Waals surface area contributed by atoms with E-state index >= 15 is 0 Å². The van der Waals surface area contributed by atoms with Crippen LogP contribution in [0.3, 0.4) is 0 Å². The van der Waals surface area contributed by atoms with Gasteiger partial charge in [0.25, 0.3) is 0 Å². The van der Waals surface area contributed by atoms with Crippen LogP contribution in [0.1, 0.15) is 37.6 Å². The van der Waals surface area contributed by atoms with Crippen molar-refractivity contribution in [2.24, 2.45) is 0 Å². The molecule has 0 spiro atoms. The summed E-state index contributed by atoms with van der Waals surface area (Å²) in [5.74, 6) is -0.291. The standard InChI is InChI=1S/C17H21FN2/c1-3-16(17-10-9-15(18)12-19-17)20-13(2)11-14-7-5-4-6-8-14/h4-10,12-13,16,20H,3,11H2,1-2H3. The fraction of sp³-hybridized carbons (Fsp3) is 0.353. The molecule has 0 saturated heterocycles. The van der Waals surface area contributed by atoms with Gasteiger partial charge in [0.1, 0.15) is 5.82 Å². The van der Waals surface area contributed by atoms with Crippen LogP contribution in [0, 0.1) is 5.82 Å². The first-order valence-corrected chi connectivity index (χ1v) is 7.10. The fourth-order valence-corrected chi connectivity index (χ4v) is 2.38. The minimum absolute atomic E-state index is 0.161. The Kier molecular flexibility index (Phi) is 5.24. The molecule has 2 rings (SSSR count). The summed E-state index contributed by atoms with van der Waals surface area (Å²) < 4.78 is 12.9. The Morgan fingerprint density at radius 1 is 1.15 bits per heavy atom. The van der Waals surface area contributed by atoms with Gasteiger partial charge in [0.15, 0.2) is 0 Å². The number of aromatic nitrogens is 1. The van der Waals surface area contributed by atoms with Gasteiger partial charge in [0.05, 0.1) is 11.9 Å². The summed E-state index contributed by atoms with van der Waals surface area (Å²) in [4.78, 5) is 4.17. The molecular weight excluding hydrogens is 251 g/mol. The lowest BCUT2D eigenvalue weighted by Crippen LogP contribution is -2.32. The van der Waals surface area contributed by atoms with Gasteiger partial charge in [-0.05, 0) is 37.5 Å². The Morgan fingerprint density at radius 3 is 2.50 bits per heavy atom. The molecule has 0 fully saturated rings. The van der Waals surface area contributed by atoms with E-state index in [0.29, 0.717) is 6.04 Å². The monoisotopic (exact) mass is 272 g/mol. The van der Waals surface area contributed by atoms with E-state index in [9.17, 15) is 4.39 Å². The first kappa shape index (κ1) is 14.7. The number of benzene rings is 1. The number of pyridine rings is 1. The number of nitrogens with zero attached hydrogens (tertiary/aromatic N) is 1. The van der Waals surface area contributed by atoms with Gasteiger partial charge in [-0.2, -0.15) is 0 Å². The normalized spacial score (nSPS) is 13.9. The van der Waals surface area contributed by atoms with E-state index in [2.05, 4.69) is 48.4 Å². The molecule has 106 valence electrons. The minimum atomic E-state index is -0.291. The van der Waals surface area contributed by atoms with Crippen LogP contribution in [0.5, 0.6) is 0 Å². The van der Waals surface area contributed by atoms with Crippen molar-refractivity contribution in [3.8, 4) is 0 Å². The van der Waals surface area contributed by atoms with Crippen LogP contribution in [0.4, 0.5) is 4.39 Å². The quantitative estimate of drug-likeness (QED) is 0.863. The molecule has 2 unspecified atom stereocenters. The molecule has 0 aliphatic carbocycles. The van der Waals surface area contributed by atoms with Gasteiger partial charge < -0.3 is 5.32 Å². The van der Waals surface area contributed by atoms with Gasteiger partial charge in [-0.1, -0.05) is 37.3 Å². The lowest BCUT2D eigenvalue weighted by Gasteiger charge is -2.22. The maximum Gasteiger partial charge on any atom is 0.141 e. The zero-order valence-electron chi connectivity index (χ0n) is 12.0. The zero-order chi connectivity index (χ0) is 14.4. The van der Waals surface area contributed by atoms with Crippen LogP contribution < -0.4 is 5.32 Å². The van der Waals surface area contributed by atoms with Crippen molar-refractivity contribution < 1.29 is 4.39 Å². The first-order valence-electron chi connectivity index (χ1n) is 7.10. The summed E-state index contributed by atoms with van der Waals surface area (Å²) in [5, 5.41) is 3.57. The Labute approximate surface area is 120 Å². The highest BCUT2D eigenvalue weighted by Gasteiger charge is 2.14. The van der Waals surface area contributed by atoms with Crippen LogP contribution in [-0.2, 0) is 6.42 Å². The molecule has 1 aromatic heterocycles. The summed E-state index contributed by atoms with van der Waals surface area (Å²) in [6, 6.07) is 14.1. The van der Waals surface area contributed by atoms with Crippen LogP contribution in [0.15, 0.2) is 48.7 Å². The molecule has 1 aromatic carbocycles. The third-order valence-corrected chi connectivity index (χ3v) is 3.39. The van der Waals surface area contributed by atoms with Crippen molar-refractivity contribution >= 4 is 0 Å². The number of hydrogen-bond acceptors (Lipinski definition) is 2. The summed E-state index contributed by atoms with van der Waals surface area (Å²) in [5.41, 5.74) is 2.21. The Hall–Kier alpha value is -1.74. The minimum Gasteiger partial charge on any atom is -0.306 e. The van der Waals surface area contributed by atoms with Gasteiger partial charge in [-0.25, -0.2) is 4.39 Å². The summed E-state index contributed by atoms with van der Waals surface area (Å²) in [7, 11) is 0. The molecule has 20 heavy (non-hydrogen) atoms. The fourth-order valence-electron chi connectivity index (χ4n) is 2.38. The largest absolute Gasteiger partial charge is 0.306 e. The predicted octanol–water partition coefficient (Wildman–Crippen LogP) is 3.89. The third kappa shape index (κ3) is 4.14. The Balaban J connectivity index is 1.97. The summed E-state index contributed by atoms with van der Waals surface area (Å²) in [6.45, 7) is 4.27. The molecule has 2 aromatic rings. The highest BCUT2D eigenvalue weighted by molar-refractivity contribution is 5.16.